The fourth-order valence-electron chi connectivity index (χ4n) is 2.27. The average Bonchev–Trinajstić information content (AvgIpc) is 2.92. The normalized spacial score (nSPS) is 12.4. The van der Waals surface area contributed by atoms with E-state index >= 15 is 0 Å². The lowest BCUT2D eigenvalue weighted by atomic mass is 10.2. The van der Waals surface area contributed by atoms with Crippen molar-refractivity contribution in [1.82, 2.24) is 4.57 Å². The molecule has 0 N–H and O–H groups in total. The Bertz CT molecular complexity index is 1060. The number of nitro groups is 1. The maximum atomic E-state index is 12.5. The lowest BCUT2D eigenvalue weighted by Gasteiger charge is -2.06. The summed E-state index contributed by atoms with van der Waals surface area (Å²) in [5.41, 5.74) is 0.746. The first-order chi connectivity index (χ1) is 12.5. The first kappa shape index (κ1) is 17.7. The summed E-state index contributed by atoms with van der Waals surface area (Å²) in [5.74, 6) is -0.217. The SMILES string of the molecule is Cn1c(=NN=Cc2cc([N+](=O)[O-])ccc2OC(F)F)sc2ccccc21. The van der Waals surface area contributed by atoms with Crippen LogP contribution in [0.4, 0.5) is 14.5 Å². The number of para-hydroxylation sites is 1. The number of alkyl halides is 2. The second-order valence-corrected chi connectivity index (χ2v) is 6.12. The lowest BCUT2D eigenvalue weighted by molar-refractivity contribution is -0.384. The Hall–Kier alpha value is -3.14. The molecular formula is C16H12F2N4O3S. The molecule has 7 nitrogen and oxygen atoms in total. The largest absolute Gasteiger partial charge is 0.434 e. The van der Waals surface area contributed by atoms with Gasteiger partial charge in [0, 0.05) is 24.7 Å². The summed E-state index contributed by atoms with van der Waals surface area (Å²) in [4.78, 5) is 10.8. The zero-order chi connectivity index (χ0) is 18.7. The molecule has 0 atom stereocenters. The van der Waals surface area contributed by atoms with Gasteiger partial charge in [-0.1, -0.05) is 23.5 Å². The highest BCUT2D eigenvalue weighted by atomic mass is 32.1. The highest BCUT2D eigenvalue weighted by Gasteiger charge is 2.13. The second kappa shape index (κ2) is 7.40. The first-order valence-electron chi connectivity index (χ1n) is 7.30. The van der Waals surface area contributed by atoms with Crippen molar-refractivity contribution >= 4 is 33.5 Å². The second-order valence-electron chi connectivity index (χ2n) is 5.11. The summed E-state index contributed by atoms with van der Waals surface area (Å²) in [7, 11) is 1.83. The van der Waals surface area contributed by atoms with E-state index in [1.165, 1.54) is 11.3 Å². The van der Waals surface area contributed by atoms with Crippen LogP contribution in [0.1, 0.15) is 5.56 Å². The third kappa shape index (κ3) is 3.75. The summed E-state index contributed by atoms with van der Waals surface area (Å²) in [5, 5.41) is 18.8. The Morgan fingerprint density at radius 1 is 1.31 bits per heavy atom. The van der Waals surface area contributed by atoms with E-state index in [4.69, 9.17) is 0 Å². The fraction of sp³-hybridized carbons (Fsp3) is 0.125. The van der Waals surface area contributed by atoms with E-state index in [9.17, 15) is 18.9 Å². The van der Waals surface area contributed by atoms with Crippen molar-refractivity contribution in [3.63, 3.8) is 0 Å². The van der Waals surface area contributed by atoms with E-state index in [-0.39, 0.29) is 17.0 Å². The average molecular weight is 378 g/mol. The highest BCUT2D eigenvalue weighted by molar-refractivity contribution is 7.16. The van der Waals surface area contributed by atoms with E-state index < -0.39 is 11.5 Å². The molecule has 0 saturated carbocycles. The van der Waals surface area contributed by atoms with Crippen molar-refractivity contribution in [2.45, 2.75) is 6.61 Å². The van der Waals surface area contributed by atoms with Gasteiger partial charge in [0.2, 0.25) is 4.80 Å². The van der Waals surface area contributed by atoms with Crippen LogP contribution in [-0.2, 0) is 7.05 Å². The number of benzene rings is 2. The minimum absolute atomic E-state index is 0.0343. The molecule has 1 heterocycles. The molecular weight excluding hydrogens is 366 g/mol. The third-order valence-corrected chi connectivity index (χ3v) is 4.58. The molecule has 134 valence electrons. The number of non-ortho nitro benzene ring substituents is 1. The molecule has 3 rings (SSSR count). The number of nitrogens with zero attached hydrogens (tertiary/aromatic N) is 4. The molecule has 0 aliphatic rings. The van der Waals surface area contributed by atoms with Crippen molar-refractivity contribution in [2.24, 2.45) is 17.3 Å². The minimum atomic E-state index is -3.05. The molecule has 10 heteroatoms. The molecule has 0 aliphatic carbocycles. The number of halogens is 2. The monoisotopic (exact) mass is 378 g/mol. The van der Waals surface area contributed by atoms with Gasteiger partial charge in [-0.05, 0) is 18.2 Å². The molecule has 0 amide bonds. The highest BCUT2D eigenvalue weighted by Crippen LogP contribution is 2.24. The molecule has 26 heavy (non-hydrogen) atoms. The topological polar surface area (TPSA) is 82.0 Å². The number of thiazole rings is 1. The maximum Gasteiger partial charge on any atom is 0.387 e. The number of aryl methyl sites for hydroxylation is 1. The molecule has 0 saturated heterocycles. The van der Waals surface area contributed by atoms with Gasteiger partial charge in [0.15, 0.2) is 0 Å². The van der Waals surface area contributed by atoms with E-state index in [2.05, 4.69) is 14.9 Å². The van der Waals surface area contributed by atoms with Crippen LogP contribution in [-0.4, -0.2) is 22.3 Å². The van der Waals surface area contributed by atoms with Crippen LogP contribution in [0.2, 0.25) is 0 Å². The van der Waals surface area contributed by atoms with Crippen molar-refractivity contribution in [2.75, 3.05) is 0 Å². The van der Waals surface area contributed by atoms with Gasteiger partial charge in [0.05, 0.1) is 21.4 Å². The van der Waals surface area contributed by atoms with Crippen LogP contribution in [0.15, 0.2) is 52.7 Å². The lowest BCUT2D eigenvalue weighted by Crippen LogP contribution is -2.09. The van der Waals surface area contributed by atoms with Crippen LogP contribution in [0, 0.1) is 10.1 Å². The van der Waals surface area contributed by atoms with Crippen LogP contribution in [0.3, 0.4) is 0 Å². The predicted molar refractivity (Wildman–Crippen MR) is 93.7 cm³/mol. The van der Waals surface area contributed by atoms with Gasteiger partial charge in [0.1, 0.15) is 5.75 Å². The van der Waals surface area contributed by atoms with Gasteiger partial charge >= 0.3 is 6.61 Å². The fourth-order valence-corrected chi connectivity index (χ4v) is 3.25. The molecule has 0 unspecified atom stereocenters. The van der Waals surface area contributed by atoms with Crippen molar-refractivity contribution in [3.05, 3.63) is 62.9 Å². The van der Waals surface area contributed by atoms with Crippen molar-refractivity contribution in [3.8, 4) is 5.75 Å². The Labute approximate surface area is 149 Å². The number of rotatable bonds is 5. The molecule has 0 radical (unpaired) electrons. The Balaban J connectivity index is 1.99. The summed E-state index contributed by atoms with van der Waals surface area (Å²) < 4.78 is 32.2. The number of ether oxygens (including phenoxy) is 1. The molecule has 3 aromatic rings. The van der Waals surface area contributed by atoms with Crippen molar-refractivity contribution in [1.29, 1.82) is 0 Å². The number of hydrogen-bond acceptors (Lipinski definition) is 6. The zero-order valence-corrected chi connectivity index (χ0v) is 14.2. The predicted octanol–water partition coefficient (Wildman–Crippen LogP) is 3.68. The molecule has 1 aromatic heterocycles. The third-order valence-electron chi connectivity index (χ3n) is 3.48. The van der Waals surface area contributed by atoms with E-state index in [0.717, 1.165) is 34.6 Å². The van der Waals surface area contributed by atoms with E-state index in [0.29, 0.717) is 4.80 Å². The molecule has 0 aliphatic heterocycles. The first-order valence-corrected chi connectivity index (χ1v) is 8.12. The summed E-state index contributed by atoms with van der Waals surface area (Å²) >= 11 is 1.40. The summed E-state index contributed by atoms with van der Waals surface area (Å²) in [6.45, 7) is -3.05. The van der Waals surface area contributed by atoms with Crippen LogP contribution >= 0.6 is 11.3 Å². The number of aromatic nitrogens is 1. The van der Waals surface area contributed by atoms with Gasteiger partial charge < -0.3 is 9.30 Å². The molecule has 0 spiro atoms. The van der Waals surface area contributed by atoms with Gasteiger partial charge in [-0.15, -0.1) is 5.10 Å². The maximum absolute atomic E-state index is 12.5. The number of hydrogen-bond donors (Lipinski definition) is 0. The van der Waals surface area contributed by atoms with E-state index in [1.807, 2.05) is 35.9 Å². The smallest absolute Gasteiger partial charge is 0.387 e. The Morgan fingerprint density at radius 3 is 2.77 bits per heavy atom. The number of fused-ring (bicyclic) bond motifs is 1. The summed E-state index contributed by atoms with van der Waals surface area (Å²) in [6, 6.07) is 11.0. The van der Waals surface area contributed by atoms with Gasteiger partial charge in [-0.3, -0.25) is 10.1 Å². The molecule has 0 bridgehead atoms. The quantitative estimate of drug-likeness (QED) is 0.386. The summed E-state index contributed by atoms with van der Waals surface area (Å²) in [6.07, 6.45) is 1.15. The van der Waals surface area contributed by atoms with E-state index in [1.54, 1.807) is 0 Å². The van der Waals surface area contributed by atoms with Gasteiger partial charge in [0.25, 0.3) is 5.69 Å². The van der Waals surface area contributed by atoms with Gasteiger partial charge in [-0.25, -0.2) is 0 Å². The van der Waals surface area contributed by atoms with Crippen LogP contribution < -0.4 is 9.54 Å². The van der Waals surface area contributed by atoms with Crippen LogP contribution in [0.5, 0.6) is 5.75 Å². The zero-order valence-electron chi connectivity index (χ0n) is 13.4. The standard InChI is InChI=1S/C16H12F2N4O3S/c1-21-12-4-2-3-5-14(12)26-16(21)20-19-9-10-8-11(22(23)24)6-7-13(10)25-15(17)18/h2-9,15H,1H3. The van der Waals surface area contributed by atoms with Crippen molar-refractivity contribution < 1.29 is 18.4 Å². The Morgan fingerprint density at radius 2 is 2.08 bits per heavy atom. The molecule has 0 fully saturated rings. The minimum Gasteiger partial charge on any atom is -0.434 e. The Kier molecular flexibility index (Phi) is 5.03. The number of nitro benzene ring substituents is 1. The van der Waals surface area contributed by atoms with Crippen LogP contribution in [0.25, 0.3) is 10.2 Å². The van der Waals surface area contributed by atoms with Gasteiger partial charge in [-0.2, -0.15) is 13.9 Å². The molecule has 2 aromatic carbocycles.